The van der Waals surface area contributed by atoms with Crippen LogP contribution in [-0.2, 0) is 14.3 Å². The molecule has 32 heavy (non-hydrogen) atoms. The number of carbonyl (C=O) groups excluding carboxylic acids is 3. The van der Waals surface area contributed by atoms with Crippen LogP contribution in [0.3, 0.4) is 0 Å². The number of para-hydroxylation sites is 1. The molecule has 166 valence electrons. The summed E-state index contributed by atoms with van der Waals surface area (Å²) in [4.78, 5) is 40.2. The van der Waals surface area contributed by atoms with Gasteiger partial charge in [-0.15, -0.1) is 0 Å². The van der Waals surface area contributed by atoms with Gasteiger partial charge in [0, 0.05) is 18.8 Å². The van der Waals surface area contributed by atoms with Gasteiger partial charge >= 0.3 is 6.03 Å². The van der Waals surface area contributed by atoms with Crippen molar-refractivity contribution >= 4 is 35.3 Å². The first-order chi connectivity index (χ1) is 15.4. The van der Waals surface area contributed by atoms with Crippen molar-refractivity contribution < 1.29 is 23.5 Å². The molecule has 2 aromatic rings. The number of halogens is 1. The van der Waals surface area contributed by atoms with E-state index in [4.69, 9.17) is 4.74 Å². The number of amides is 4. The third-order valence-electron chi connectivity index (χ3n) is 5.30. The van der Waals surface area contributed by atoms with Gasteiger partial charge in [0.1, 0.15) is 18.1 Å². The summed E-state index contributed by atoms with van der Waals surface area (Å²) in [5.74, 6) is -1.89. The predicted octanol–water partition coefficient (Wildman–Crippen LogP) is 2.50. The molecular formula is C23H23FN4O4. The van der Waals surface area contributed by atoms with Crippen LogP contribution in [-0.4, -0.2) is 55.6 Å². The minimum absolute atomic E-state index is 0.0175. The molecule has 2 aliphatic rings. The number of morpholine rings is 1. The number of carbonyl (C=O) groups is 3. The van der Waals surface area contributed by atoms with E-state index in [-0.39, 0.29) is 11.4 Å². The van der Waals surface area contributed by atoms with Crippen LogP contribution in [0.25, 0.3) is 6.08 Å². The lowest BCUT2D eigenvalue weighted by atomic mass is 10.1. The number of hydrogen-bond donors (Lipinski definition) is 2. The van der Waals surface area contributed by atoms with Gasteiger partial charge in [0.15, 0.2) is 0 Å². The molecule has 2 N–H and O–H groups in total. The minimum Gasteiger partial charge on any atom is -0.378 e. The van der Waals surface area contributed by atoms with E-state index < -0.39 is 30.2 Å². The van der Waals surface area contributed by atoms with Crippen LogP contribution in [0.4, 0.5) is 20.6 Å². The van der Waals surface area contributed by atoms with E-state index in [2.05, 4.69) is 15.5 Å². The number of ether oxygens (including phenoxy) is 1. The van der Waals surface area contributed by atoms with Crippen molar-refractivity contribution in [3.8, 4) is 0 Å². The zero-order chi connectivity index (χ0) is 22.7. The smallest absolute Gasteiger partial charge is 0.329 e. The third kappa shape index (κ3) is 4.62. The highest BCUT2D eigenvalue weighted by molar-refractivity contribution is 6.16. The third-order valence-corrected chi connectivity index (χ3v) is 5.30. The SMILES string of the molecule is Cc1cc(/C=C2/NC(=O)N(CC(=O)Nc3ccccc3F)C2=O)ccc1N1CCOCC1. The molecule has 0 aliphatic carbocycles. The molecule has 4 amide bonds. The Morgan fingerprint density at radius 2 is 1.94 bits per heavy atom. The molecule has 2 aromatic carbocycles. The minimum atomic E-state index is -0.702. The number of rotatable bonds is 5. The van der Waals surface area contributed by atoms with Crippen LogP contribution in [0.5, 0.6) is 0 Å². The van der Waals surface area contributed by atoms with Gasteiger partial charge in [0.2, 0.25) is 5.91 Å². The highest BCUT2D eigenvalue weighted by Gasteiger charge is 2.35. The van der Waals surface area contributed by atoms with Crippen molar-refractivity contribution in [1.29, 1.82) is 0 Å². The molecular weight excluding hydrogens is 415 g/mol. The molecule has 0 bridgehead atoms. The Labute approximate surface area is 184 Å². The lowest BCUT2D eigenvalue weighted by Gasteiger charge is -2.30. The van der Waals surface area contributed by atoms with Gasteiger partial charge in [-0.3, -0.25) is 9.59 Å². The Balaban J connectivity index is 1.44. The van der Waals surface area contributed by atoms with Crippen LogP contribution in [0.2, 0.25) is 0 Å². The second-order valence-corrected chi connectivity index (χ2v) is 7.55. The fraction of sp³-hybridized carbons (Fsp3) is 0.261. The van der Waals surface area contributed by atoms with Crippen molar-refractivity contribution in [2.45, 2.75) is 6.92 Å². The average molecular weight is 438 g/mol. The summed E-state index contributed by atoms with van der Waals surface area (Å²) in [6, 6.07) is 10.8. The molecule has 4 rings (SSSR count). The average Bonchev–Trinajstić information content (AvgIpc) is 3.03. The largest absolute Gasteiger partial charge is 0.378 e. The fourth-order valence-corrected chi connectivity index (χ4v) is 3.71. The van der Waals surface area contributed by atoms with Crippen molar-refractivity contribution in [3.05, 3.63) is 65.1 Å². The lowest BCUT2D eigenvalue weighted by Crippen LogP contribution is -2.38. The van der Waals surface area contributed by atoms with Gasteiger partial charge in [0.05, 0.1) is 18.9 Å². The Morgan fingerprint density at radius 3 is 2.66 bits per heavy atom. The molecule has 0 spiro atoms. The fourth-order valence-electron chi connectivity index (χ4n) is 3.71. The molecule has 0 saturated carbocycles. The van der Waals surface area contributed by atoms with Crippen LogP contribution < -0.4 is 15.5 Å². The predicted molar refractivity (Wildman–Crippen MR) is 117 cm³/mol. The summed E-state index contributed by atoms with van der Waals surface area (Å²) in [6.07, 6.45) is 1.57. The molecule has 2 aliphatic heterocycles. The lowest BCUT2D eigenvalue weighted by molar-refractivity contribution is -0.127. The normalized spacial score (nSPS) is 17.6. The zero-order valence-electron chi connectivity index (χ0n) is 17.6. The molecule has 2 saturated heterocycles. The van der Waals surface area contributed by atoms with E-state index in [1.54, 1.807) is 12.1 Å². The van der Waals surface area contributed by atoms with Gasteiger partial charge < -0.3 is 20.3 Å². The molecule has 2 heterocycles. The summed E-state index contributed by atoms with van der Waals surface area (Å²) >= 11 is 0. The molecule has 2 fully saturated rings. The van der Waals surface area contributed by atoms with E-state index in [1.807, 2.05) is 25.1 Å². The van der Waals surface area contributed by atoms with Crippen LogP contribution in [0.1, 0.15) is 11.1 Å². The second kappa shape index (κ2) is 9.19. The Bertz CT molecular complexity index is 1100. The summed E-state index contributed by atoms with van der Waals surface area (Å²) < 4.78 is 19.1. The maximum absolute atomic E-state index is 13.7. The summed E-state index contributed by atoms with van der Waals surface area (Å²) in [6.45, 7) is 4.48. The standard InChI is InChI=1S/C23H23FN4O4/c1-15-12-16(6-7-20(15)27-8-10-32-11-9-27)13-19-22(30)28(23(31)26-19)14-21(29)25-18-5-3-2-4-17(18)24/h2-7,12-13H,8-11,14H2,1H3,(H,25,29)(H,26,31)/b19-13+. The van der Waals surface area contributed by atoms with E-state index in [1.165, 1.54) is 18.2 Å². The highest BCUT2D eigenvalue weighted by atomic mass is 19.1. The number of aryl methyl sites for hydroxylation is 1. The first kappa shape index (κ1) is 21.5. The quantitative estimate of drug-likeness (QED) is 0.553. The number of urea groups is 1. The monoisotopic (exact) mass is 438 g/mol. The number of hydrogen-bond acceptors (Lipinski definition) is 5. The van der Waals surface area contributed by atoms with Gasteiger partial charge in [-0.25, -0.2) is 14.1 Å². The van der Waals surface area contributed by atoms with Crippen LogP contribution in [0.15, 0.2) is 48.2 Å². The highest BCUT2D eigenvalue weighted by Crippen LogP contribution is 2.24. The van der Waals surface area contributed by atoms with Crippen LogP contribution in [0, 0.1) is 12.7 Å². The Morgan fingerprint density at radius 1 is 1.19 bits per heavy atom. The van der Waals surface area contributed by atoms with Crippen molar-refractivity contribution in [2.24, 2.45) is 0 Å². The van der Waals surface area contributed by atoms with E-state index in [0.717, 1.165) is 34.8 Å². The van der Waals surface area contributed by atoms with Gasteiger partial charge in [0.25, 0.3) is 5.91 Å². The van der Waals surface area contributed by atoms with Crippen molar-refractivity contribution in [2.75, 3.05) is 43.1 Å². The molecule has 0 atom stereocenters. The van der Waals surface area contributed by atoms with Gasteiger partial charge in [-0.2, -0.15) is 0 Å². The number of benzene rings is 2. The molecule has 0 aromatic heterocycles. The molecule has 0 radical (unpaired) electrons. The number of anilines is 2. The topological polar surface area (TPSA) is 91.0 Å². The van der Waals surface area contributed by atoms with Crippen molar-refractivity contribution in [3.63, 3.8) is 0 Å². The van der Waals surface area contributed by atoms with Gasteiger partial charge in [-0.1, -0.05) is 18.2 Å². The molecule has 8 nitrogen and oxygen atoms in total. The van der Waals surface area contributed by atoms with E-state index in [0.29, 0.717) is 13.2 Å². The summed E-state index contributed by atoms with van der Waals surface area (Å²) in [5, 5.41) is 4.86. The maximum Gasteiger partial charge on any atom is 0.329 e. The van der Waals surface area contributed by atoms with Crippen molar-refractivity contribution in [1.82, 2.24) is 10.2 Å². The number of nitrogens with one attached hydrogen (secondary N) is 2. The number of imide groups is 1. The van der Waals surface area contributed by atoms with Gasteiger partial charge in [-0.05, 0) is 48.4 Å². The Kier molecular flexibility index (Phi) is 6.18. The first-order valence-electron chi connectivity index (χ1n) is 10.2. The van der Waals surface area contributed by atoms with E-state index in [9.17, 15) is 18.8 Å². The number of nitrogens with zero attached hydrogens (tertiary/aromatic N) is 2. The summed E-state index contributed by atoms with van der Waals surface area (Å²) in [7, 11) is 0. The second-order valence-electron chi connectivity index (χ2n) is 7.55. The maximum atomic E-state index is 13.7. The molecule has 0 unspecified atom stereocenters. The summed E-state index contributed by atoms with van der Waals surface area (Å²) in [5.41, 5.74) is 2.95. The van der Waals surface area contributed by atoms with Crippen LogP contribution >= 0.6 is 0 Å². The molecule has 9 heteroatoms. The first-order valence-corrected chi connectivity index (χ1v) is 10.2. The van der Waals surface area contributed by atoms with E-state index >= 15 is 0 Å². The Hall–Kier alpha value is -3.72. The zero-order valence-corrected chi connectivity index (χ0v) is 17.6.